The monoisotopic (exact) mass is 251 g/mol. The van der Waals surface area contributed by atoms with Gasteiger partial charge in [0.15, 0.2) is 11.5 Å². The summed E-state index contributed by atoms with van der Waals surface area (Å²) in [5.74, 6) is 1.11. The van der Waals surface area contributed by atoms with Crippen LogP contribution in [0.4, 0.5) is 0 Å². The van der Waals surface area contributed by atoms with Crippen LogP contribution in [-0.4, -0.2) is 27.2 Å². The number of hydrogen-bond acceptors (Lipinski definition) is 4. The van der Waals surface area contributed by atoms with E-state index in [-0.39, 0.29) is 5.91 Å². The molecule has 0 aliphatic carbocycles. The van der Waals surface area contributed by atoms with Gasteiger partial charge in [0, 0.05) is 5.56 Å². The van der Waals surface area contributed by atoms with Crippen molar-refractivity contribution in [2.45, 2.75) is 6.92 Å². The summed E-state index contributed by atoms with van der Waals surface area (Å²) in [6, 6.07) is 3.19. The lowest BCUT2D eigenvalue weighted by Crippen LogP contribution is -2.17. The molecule has 1 rings (SSSR count). The number of hydrogen-bond donors (Lipinski definition) is 1. The van der Waals surface area contributed by atoms with E-state index in [2.05, 4.69) is 5.32 Å². The molecular weight excluding hydrogens is 234 g/mol. The Bertz CT molecular complexity index is 429. The van der Waals surface area contributed by atoms with E-state index in [0.717, 1.165) is 0 Å². The molecule has 0 aromatic heterocycles. The molecule has 5 heteroatoms. The number of nitrogens with one attached hydrogen (secondary N) is 1. The maximum Gasteiger partial charge on any atom is 0.255 e. The summed E-state index contributed by atoms with van der Waals surface area (Å²) in [6.07, 6.45) is 3.29. The molecule has 1 aromatic carbocycles. The first-order valence-corrected chi connectivity index (χ1v) is 5.40. The highest BCUT2D eigenvalue weighted by atomic mass is 16.5. The van der Waals surface area contributed by atoms with E-state index in [0.29, 0.717) is 22.8 Å². The Morgan fingerprint density at radius 3 is 2.06 bits per heavy atom. The minimum Gasteiger partial charge on any atom is -0.493 e. The standard InChI is InChI=1S/C13H17NO4/c1-5-6-14-13(15)9-7-10(16-2)12(18-4)11(8-9)17-3/h5-8H,1-4H3,(H,14,15)/b6-5+. The van der Waals surface area contributed by atoms with Crippen molar-refractivity contribution in [3.05, 3.63) is 30.0 Å². The van der Waals surface area contributed by atoms with Gasteiger partial charge in [-0.05, 0) is 25.3 Å². The Labute approximate surface area is 106 Å². The van der Waals surface area contributed by atoms with Crippen molar-refractivity contribution in [1.29, 1.82) is 0 Å². The molecule has 0 fully saturated rings. The summed E-state index contributed by atoms with van der Waals surface area (Å²) in [6.45, 7) is 1.81. The van der Waals surface area contributed by atoms with Crippen LogP contribution in [0, 0.1) is 0 Å². The summed E-state index contributed by atoms with van der Waals surface area (Å²) in [5.41, 5.74) is 0.433. The summed E-state index contributed by atoms with van der Waals surface area (Å²) in [5, 5.41) is 2.62. The van der Waals surface area contributed by atoms with Crippen molar-refractivity contribution in [3.8, 4) is 17.2 Å². The molecule has 0 aliphatic rings. The highest BCUT2D eigenvalue weighted by molar-refractivity contribution is 5.96. The van der Waals surface area contributed by atoms with Crippen molar-refractivity contribution in [2.24, 2.45) is 0 Å². The van der Waals surface area contributed by atoms with Gasteiger partial charge >= 0.3 is 0 Å². The first kappa shape index (κ1) is 13.9. The molecule has 0 unspecified atom stereocenters. The van der Waals surface area contributed by atoms with Crippen molar-refractivity contribution >= 4 is 5.91 Å². The van der Waals surface area contributed by atoms with Gasteiger partial charge in [0.05, 0.1) is 21.3 Å². The fraction of sp³-hybridized carbons (Fsp3) is 0.308. The number of ether oxygens (including phenoxy) is 3. The van der Waals surface area contributed by atoms with E-state index in [4.69, 9.17) is 14.2 Å². The maximum atomic E-state index is 11.8. The van der Waals surface area contributed by atoms with Crippen LogP contribution >= 0.6 is 0 Å². The van der Waals surface area contributed by atoms with Gasteiger partial charge in [0.2, 0.25) is 5.75 Å². The van der Waals surface area contributed by atoms with Crippen LogP contribution in [0.5, 0.6) is 17.2 Å². The largest absolute Gasteiger partial charge is 0.493 e. The zero-order valence-electron chi connectivity index (χ0n) is 10.9. The van der Waals surface area contributed by atoms with E-state index < -0.39 is 0 Å². The van der Waals surface area contributed by atoms with E-state index >= 15 is 0 Å². The van der Waals surface area contributed by atoms with Crippen LogP contribution in [-0.2, 0) is 0 Å². The number of methoxy groups -OCH3 is 3. The maximum absolute atomic E-state index is 11.8. The zero-order valence-corrected chi connectivity index (χ0v) is 10.9. The van der Waals surface area contributed by atoms with E-state index in [1.807, 2.05) is 6.92 Å². The molecule has 0 aliphatic heterocycles. The Morgan fingerprint density at radius 2 is 1.67 bits per heavy atom. The lowest BCUT2D eigenvalue weighted by molar-refractivity contribution is 0.0969. The normalized spacial score (nSPS) is 10.2. The zero-order chi connectivity index (χ0) is 13.5. The minimum absolute atomic E-state index is 0.243. The molecule has 98 valence electrons. The minimum atomic E-state index is -0.243. The molecule has 0 saturated carbocycles. The fourth-order valence-electron chi connectivity index (χ4n) is 1.45. The number of amides is 1. The second-order valence-electron chi connectivity index (χ2n) is 3.39. The number of carbonyl (C=O) groups is 1. The fourth-order valence-corrected chi connectivity index (χ4v) is 1.45. The summed E-state index contributed by atoms with van der Waals surface area (Å²) < 4.78 is 15.5. The van der Waals surface area contributed by atoms with Gasteiger partial charge in [-0.2, -0.15) is 0 Å². The van der Waals surface area contributed by atoms with Gasteiger partial charge in [-0.15, -0.1) is 0 Å². The number of carbonyl (C=O) groups excluding carboxylic acids is 1. The van der Waals surface area contributed by atoms with Gasteiger partial charge < -0.3 is 19.5 Å². The van der Waals surface area contributed by atoms with Crippen LogP contribution in [0.1, 0.15) is 17.3 Å². The third-order valence-corrected chi connectivity index (χ3v) is 2.31. The van der Waals surface area contributed by atoms with Gasteiger partial charge in [0.25, 0.3) is 5.91 Å². The number of allylic oxidation sites excluding steroid dienone is 1. The lowest BCUT2D eigenvalue weighted by Gasteiger charge is -2.13. The van der Waals surface area contributed by atoms with Crippen LogP contribution in [0.15, 0.2) is 24.4 Å². The SMILES string of the molecule is C/C=C/NC(=O)c1cc(OC)c(OC)c(OC)c1. The third kappa shape index (κ3) is 2.94. The molecular formula is C13H17NO4. The van der Waals surface area contributed by atoms with Crippen molar-refractivity contribution in [2.75, 3.05) is 21.3 Å². The Balaban J connectivity index is 3.18. The number of benzene rings is 1. The molecule has 5 nitrogen and oxygen atoms in total. The van der Waals surface area contributed by atoms with Crippen LogP contribution < -0.4 is 19.5 Å². The highest BCUT2D eigenvalue weighted by Gasteiger charge is 2.16. The Kier molecular flexibility index (Phi) is 5.05. The predicted octanol–water partition coefficient (Wildman–Crippen LogP) is 1.98. The Hall–Kier alpha value is -2.17. The molecule has 0 spiro atoms. The topological polar surface area (TPSA) is 56.8 Å². The number of rotatable bonds is 5. The predicted molar refractivity (Wildman–Crippen MR) is 68.4 cm³/mol. The average molecular weight is 251 g/mol. The van der Waals surface area contributed by atoms with Crippen molar-refractivity contribution in [1.82, 2.24) is 5.32 Å². The molecule has 0 saturated heterocycles. The average Bonchev–Trinajstić information content (AvgIpc) is 2.42. The molecule has 0 atom stereocenters. The smallest absolute Gasteiger partial charge is 0.255 e. The second-order valence-corrected chi connectivity index (χ2v) is 3.39. The molecule has 0 heterocycles. The van der Waals surface area contributed by atoms with Gasteiger partial charge in [-0.1, -0.05) is 6.08 Å². The molecule has 1 N–H and O–H groups in total. The third-order valence-electron chi connectivity index (χ3n) is 2.31. The van der Waals surface area contributed by atoms with Crippen molar-refractivity contribution in [3.63, 3.8) is 0 Å². The quantitative estimate of drug-likeness (QED) is 0.869. The van der Waals surface area contributed by atoms with Gasteiger partial charge in [-0.3, -0.25) is 4.79 Å². The summed E-state index contributed by atoms with van der Waals surface area (Å²) in [4.78, 5) is 11.8. The van der Waals surface area contributed by atoms with E-state index in [9.17, 15) is 4.79 Å². The first-order valence-electron chi connectivity index (χ1n) is 5.40. The molecule has 1 aromatic rings. The van der Waals surface area contributed by atoms with Crippen LogP contribution in [0.25, 0.3) is 0 Å². The highest BCUT2D eigenvalue weighted by Crippen LogP contribution is 2.38. The molecule has 18 heavy (non-hydrogen) atoms. The van der Waals surface area contributed by atoms with E-state index in [1.165, 1.54) is 21.3 Å². The molecule has 0 radical (unpaired) electrons. The van der Waals surface area contributed by atoms with E-state index in [1.54, 1.807) is 24.4 Å². The van der Waals surface area contributed by atoms with Crippen molar-refractivity contribution < 1.29 is 19.0 Å². The Morgan fingerprint density at radius 1 is 1.11 bits per heavy atom. The van der Waals surface area contributed by atoms with Crippen LogP contribution in [0.2, 0.25) is 0 Å². The molecule has 1 amide bonds. The van der Waals surface area contributed by atoms with Gasteiger partial charge in [-0.25, -0.2) is 0 Å². The summed E-state index contributed by atoms with van der Waals surface area (Å²) in [7, 11) is 4.52. The lowest BCUT2D eigenvalue weighted by atomic mass is 10.1. The first-order chi connectivity index (χ1) is 8.67. The second kappa shape index (κ2) is 6.54. The van der Waals surface area contributed by atoms with Crippen LogP contribution in [0.3, 0.4) is 0 Å². The molecule has 0 bridgehead atoms. The summed E-state index contributed by atoms with van der Waals surface area (Å²) >= 11 is 0. The van der Waals surface area contributed by atoms with Gasteiger partial charge in [0.1, 0.15) is 0 Å².